The number of esters is 1. The smallest absolute Gasteiger partial charge is 0.339 e. The minimum atomic E-state index is -1.20. The van der Waals surface area contributed by atoms with Crippen molar-refractivity contribution >= 4 is 34.9 Å². The fourth-order valence-electron chi connectivity index (χ4n) is 2.44. The standard InChI is InChI=1S/C19H19ClN2O7/c1-10-16(27-3)7-12(8-17(10)28-4)19(24)29-11(2)18(23)21-15-9-13(22(25)26)5-6-14(15)20/h5-9,11H,1-4H3,(H,21,23)/t11-/m1/s1. The highest BCUT2D eigenvalue weighted by molar-refractivity contribution is 6.33. The van der Waals surface area contributed by atoms with Crippen molar-refractivity contribution in [1.82, 2.24) is 0 Å². The van der Waals surface area contributed by atoms with E-state index < -0.39 is 22.9 Å². The number of methoxy groups -OCH3 is 2. The summed E-state index contributed by atoms with van der Waals surface area (Å²) in [4.78, 5) is 35.0. The number of nitro benzene ring substituents is 1. The van der Waals surface area contributed by atoms with Crippen molar-refractivity contribution < 1.29 is 28.7 Å². The van der Waals surface area contributed by atoms with Crippen LogP contribution in [0.15, 0.2) is 30.3 Å². The molecule has 10 heteroatoms. The molecule has 0 saturated carbocycles. The van der Waals surface area contributed by atoms with E-state index in [0.717, 1.165) is 6.07 Å². The van der Waals surface area contributed by atoms with Gasteiger partial charge in [0.25, 0.3) is 11.6 Å². The number of ether oxygens (including phenoxy) is 3. The molecule has 1 N–H and O–H groups in total. The summed E-state index contributed by atoms with van der Waals surface area (Å²) in [6.07, 6.45) is -1.20. The lowest BCUT2D eigenvalue weighted by atomic mass is 10.1. The third kappa shape index (κ3) is 5.14. The fourth-order valence-corrected chi connectivity index (χ4v) is 2.61. The monoisotopic (exact) mass is 422 g/mol. The van der Waals surface area contributed by atoms with E-state index in [2.05, 4.69) is 5.32 Å². The largest absolute Gasteiger partial charge is 0.496 e. The number of rotatable bonds is 7. The van der Waals surface area contributed by atoms with Crippen LogP contribution in [0.3, 0.4) is 0 Å². The highest BCUT2D eigenvalue weighted by Gasteiger charge is 2.22. The molecule has 2 aromatic rings. The first kappa shape index (κ1) is 22.0. The van der Waals surface area contributed by atoms with Gasteiger partial charge in [0.2, 0.25) is 0 Å². The van der Waals surface area contributed by atoms with Crippen molar-refractivity contribution in [1.29, 1.82) is 0 Å². The quantitative estimate of drug-likeness (QED) is 0.410. The van der Waals surface area contributed by atoms with Crippen molar-refractivity contribution in [3.8, 4) is 11.5 Å². The van der Waals surface area contributed by atoms with E-state index in [1.165, 1.54) is 45.4 Å². The third-order valence-corrected chi connectivity index (χ3v) is 4.39. The Morgan fingerprint density at radius 2 is 1.72 bits per heavy atom. The Hall–Kier alpha value is -3.33. The van der Waals surface area contributed by atoms with Crippen LogP contribution in [0.5, 0.6) is 11.5 Å². The average Bonchev–Trinajstić information content (AvgIpc) is 2.69. The maximum atomic E-state index is 12.4. The Labute approximate surface area is 171 Å². The van der Waals surface area contributed by atoms with Gasteiger partial charge < -0.3 is 19.5 Å². The molecule has 0 radical (unpaired) electrons. The average molecular weight is 423 g/mol. The number of nitrogens with zero attached hydrogens (tertiary/aromatic N) is 1. The number of hydrogen-bond acceptors (Lipinski definition) is 7. The lowest BCUT2D eigenvalue weighted by Gasteiger charge is -2.16. The lowest BCUT2D eigenvalue weighted by Crippen LogP contribution is -2.30. The molecule has 9 nitrogen and oxygen atoms in total. The van der Waals surface area contributed by atoms with Gasteiger partial charge in [0.05, 0.1) is 35.4 Å². The predicted molar refractivity (Wildman–Crippen MR) is 106 cm³/mol. The number of non-ortho nitro benzene ring substituents is 1. The van der Waals surface area contributed by atoms with Gasteiger partial charge in [-0.25, -0.2) is 4.79 Å². The van der Waals surface area contributed by atoms with Crippen molar-refractivity contribution in [2.24, 2.45) is 0 Å². The van der Waals surface area contributed by atoms with Crippen LogP contribution in [0.25, 0.3) is 0 Å². The Kier molecular flexibility index (Phi) is 7.00. The Balaban J connectivity index is 2.15. The molecule has 0 aliphatic rings. The van der Waals surface area contributed by atoms with Crippen LogP contribution < -0.4 is 14.8 Å². The summed E-state index contributed by atoms with van der Waals surface area (Å²) in [6, 6.07) is 6.56. The summed E-state index contributed by atoms with van der Waals surface area (Å²) in [7, 11) is 2.91. The number of halogens is 1. The minimum Gasteiger partial charge on any atom is -0.496 e. The molecule has 1 amide bonds. The number of carbonyl (C=O) groups is 2. The summed E-state index contributed by atoms with van der Waals surface area (Å²) < 4.78 is 15.6. The molecule has 0 bridgehead atoms. The zero-order valence-corrected chi connectivity index (χ0v) is 16.9. The normalized spacial score (nSPS) is 11.3. The first-order chi connectivity index (χ1) is 13.7. The molecule has 0 aliphatic heterocycles. The van der Waals surface area contributed by atoms with E-state index in [-0.39, 0.29) is 22.0 Å². The number of carbonyl (C=O) groups excluding carboxylic acids is 2. The van der Waals surface area contributed by atoms with Gasteiger partial charge in [-0.15, -0.1) is 0 Å². The fraction of sp³-hybridized carbons (Fsp3) is 0.263. The van der Waals surface area contributed by atoms with Crippen LogP contribution in [0.2, 0.25) is 5.02 Å². The summed E-state index contributed by atoms with van der Waals surface area (Å²) in [6.45, 7) is 3.13. The second-order valence-corrected chi connectivity index (χ2v) is 6.37. The number of nitrogens with one attached hydrogen (secondary N) is 1. The Bertz CT molecular complexity index is 937. The molecule has 1 atom stereocenters. The summed E-state index contributed by atoms with van der Waals surface area (Å²) >= 11 is 5.96. The van der Waals surface area contributed by atoms with Crippen LogP contribution in [-0.4, -0.2) is 37.1 Å². The van der Waals surface area contributed by atoms with Crippen molar-refractivity contribution in [2.45, 2.75) is 20.0 Å². The maximum absolute atomic E-state index is 12.4. The molecular weight excluding hydrogens is 404 g/mol. The molecule has 0 heterocycles. The van der Waals surface area contributed by atoms with Crippen molar-refractivity contribution in [2.75, 3.05) is 19.5 Å². The predicted octanol–water partition coefficient (Wildman–Crippen LogP) is 3.76. The van der Waals surface area contributed by atoms with E-state index in [0.29, 0.717) is 17.1 Å². The first-order valence-corrected chi connectivity index (χ1v) is 8.74. The molecule has 0 aromatic heterocycles. The van der Waals surface area contributed by atoms with Crippen LogP contribution >= 0.6 is 11.6 Å². The van der Waals surface area contributed by atoms with Crippen molar-refractivity contribution in [3.63, 3.8) is 0 Å². The van der Waals surface area contributed by atoms with Gasteiger partial charge in [0, 0.05) is 17.7 Å². The Morgan fingerprint density at radius 1 is 1.14 bits per heavy atom. The van der Waals surface area contributed by atoms with E-state index in [1.807, 2.05) is 0 Å². The molecule has 0 aliphatic carbocycles. The van der Waals surface area contributed by atoms with Gasteiger partial charge in [-0.2, -0.15) is 0 Å². The molecule has 0 fully saturated rings. The molecular formula is C19H19ClN2O7. The van der Waals surface area contributed by atoms with E-state index >= 15 is 0 Å². The lowest BCUT2D eigenvalue weighted by molar-refractivity contribution is -0.384. The highest BCUT2D eigenvalue weighted by Crippen LogP contribution is 2.30. The number of anilines is 1. The van der Waals surface area contributed by atoms with E-state index in [9.17, 15) is 19.7 Å². The summed E-state index contributed by atoms with van der Waals surface area (Å²) in [5, 5.41) is 13.4. The van der Waals surface area contributed by atoms with Crippen LogP contribution in [0, 0.1) is 17.0 Å². The molecule has 0 unspecified atom stereocenters. The molecule has 2 rings (SSSR count). The highest BCUT2D eigenvalue weighted by atomic mass is 35.5. The van der Waals surface area contributed by atoms with Gasteiger partial charge in [-0.3, -0.25) is 14.9 Å². The maximum Gasteiger partial charge on any atom is 0.339 e. The van der Waals surface area contributed by atoms with Crippen LogP contribution in [0.1, 0.15) is 22.8 Å². The zero-order valence-electron chi connectivity index (χ0n) is 16.1. The third-order valence-electron chi connectivity index (χ3n) is 4.06. The Morgan fingerprint density at radius 3 is 2.24 bits per heavy atom. The van der Waals surface area contributed by atoms with Crippen LogP contribution in [0.4, 0.5) is 11.4 Å². The SMILES string of the molecule is COc1cc(C(=O)O[C@H](C)C(=O)Nc2cc([N+](=O)[O-])ccc2Cl)cc(OC)c1C. The van der Waals surface area contributed by atoms with Gasteiger partial charge in [0.1, 0.15) is 11.5 Å². The van der Waals surface area contributed by atoms with Crippen molar-refractivity contribution in [3.05, 3.63) is 56.6 Å². The molecule has 0 saturated heterocycles. The number of amides is 1. The second kappa shape index (κ2) is 9.24. The number of hydrogen-bond donors (Lipinski definition) is 1. The second-order valence-electron chi connectivity index (χ2n) is 5.96. The molecule has 0 spiro atoms. The molecule has 2 aromatic carbocycles. The molecule has 29 heavy (non-hydrogen) atoms. The number of benzene rings is 2. The van der Waals surface area contributed by atoms with E-state index in [1.54, 1.807) is 6.92 Å². The van der Waals surface area contributed by atoms with Gasteiger partial charge >= 0.3 is 5.97 Å². The van der Waals surface area contributed by atoms with Gasteiger partial charge in [-0.05, 0) is 32.0 Å². The van der Waals surface area contributed by atoms with Crippen LogP contribution in [-0.2, 0) is 9.53 Å². The molecule has 154 valence electrons. The van der Waals surface area contributed by atoms with E-state index in [4.69, 9.17) is 25.8 Å². The zero-order chi connectivity index (χ0) is 21.7. The minimum absolute atomic E-state index is 0.0347. The van der Waals surface area contributed by atoms with Gasteiger partial charge in [-0.1, -0.05) is 11.6 Å². The van der Waals surface area contributed by atoms with Gasteiger partial charge in [0.15, 0.2) is 6.10 Å². The summed E-state index contributed by atoms with van der Waals surface area (Å²) in [5.41, 5.74) is 0.635. The summed E-state index contributed by atoms with van der Waals surface area (Å²) in [5.74, 6) is -0.616. The number of nitro groups is 1. The first-order valence-electron chi connectivity index (χ1n) is 8.36. The topological polar surface area (TPSA) is 117 Å².